The molecule has 0 aromatic heterocycles. The first-order valence-corrected chi connectivity index (χ1v) is 7.84. The average Bonchev–Trinajstić information content (AvgIpc) is 2.48. The third-order valence-electron chi connectivity index (χ3n) is 4.20. The van der Waals surface area contributed by atoms with E-state index in [9.17, 15) is 9.50 Å². The van der Waals surface area contributed by atoms with E-state index >= 15 is 0 Å². The van der Waals surface area contributed by atoms with E-state index < -0.39 is 6.10 Å². The van der Waals surface area contributed by atoms with E-state index in [1.807, 2.05) is 6.07 Å². The van der Waals surface area contributed by atoms with Crippen molar-refractivity contribution < 1.29 is 14.2 Å². The van der Waals surface area contributed by atoms with Crippen LogP contribution in [0.1, 0.15) is 38.2 Å². The van der Waals surface area contributed by atoms with Gasteiger partial charge in [0.05, 0.1) is 18.8 Å². The molecular formula is C17H26FNO2. The van der Waals surface area contributed by atoms with E-state index in [0.29, 0.717) is 24.4 Å². The van der Waals surface area contributed by atoms with Crippen LogP contribution in [0.2, 0.25) is 0 Å². The minimum absolute atomic E-state index is 0.234. The lowest BCUT2D eigenvalue weighted by atomic mass is 9.89. The molecule has 1 atom stereocenters. The van der Waals surface area contributed by atoms with Crippen molar-refractivity contribution >= 4 is 5.69 Å². The number of aryl methyl sites for hydroxylation is 1. The largest absolute Gasteiger partial charge is 0.389 e. The van der Waals surface area contributed by atoms with E-state index in [2.05, 4.69) is 12.2 Å². The number of anilines is 1. The minimum Gasteiger partial charge on any atom is -0.389 e. The Morgan fingerprint density at radius 2 is 2.05 bits per heavy atom. The maximum Gasteiger partial charge on any atom is 0.128 e. The fourth-order valence-corrected chi connectivity index (χ4v) is 2.64. The first-order chi connectivity index (χ1) is 10.0. The molecule has 1 fully saturated rings. The van der Waals surface area contributed by atoms with Crippen LogP contribution in [0, 0.1) is 18.7 Å². The van der Waals surface area contributed by atoms with Crippen molar-refractivity contribution in [1.29, 1.82) is 0 Å². The average molecular weight is 295 g/mol. The predicted molar refractivity (Wildman–Crippen MR) is 83.0 cm³/mol. The van der Waals surface area contributed by atoms with Crippen LogP contribution >= 0.6 is 0 Å². The Balaban J connectivity index is 1.67. The summed E-state index contributed by atoms with van der Waals surface area (Å²) in [5, 5.41) is 13.0. The third kappa shape index (κ3) is 5.29. The molecule has 0 aliphatic heterocycles. The second kappa shape index (κ2) is 7.76. The van der Waals surface area contributed by atoms with Crippen LogP contribution in [-0.4, -0.2) is 30.5 Å². The summed E-state index contributed by atoms with van der Waals surface area (Å²) in [6.07, 6.45) is 4.31. The van der Waals surface area contributed by atoms with Crippen LogP contribution in [0.5, 0.6) is 0 Å². The van der Waals surface area contributed by atoms with E-state index in [0.717, 1.165) is 18.8 Å². The van der Waals surface area contributed by atoms with Crippen molar-refractivity contribution in [3.05, 3.63) is 29.6 Å². The smallest absolute Gasteiger partial charge is 0.128 e. The molecule has 3 nitrogen and oxygen atoms in total. The van der Waals surface area contributed by atoms with Crippen molar-refractivity contribution in [2.24, 2.45) is 5.92 Å². The van der Waals surface area contributed by atoms with Gasteiger partial charge in [0.25, 0.3) is 0 Å². The first-order valence-electron chi connectivity index (χ1n) is 7.84. The van der Waals surface area contributed by atoms with Crippen LogP contribution in [-0.2, 0) is 4.74 Å². The maximum absolute atomic E-state index is 13.4. The predicted octanol–water partition coefficient (Wildman–Crippen LogP) is 3.50. The second-order valence-corrected chi connectivity index (χ2v) is 6.21. The van der Waals surface area contributed by atoms with Crippen molar-refractivity contribution in [3.63, 3.8) is 0 Å². The molecule has 118 valence electrons. The second-order valence-electron chi connectivity index (χ2n) is 6.21. The number of nitrogens with one attached hydrogen (secondary N) is 1. The Morgan fingerprint density at radius 3 is 2.71 bits per heavy atom. The monoisotopic (exact) mass is 295 g/mol. The van der Waals surface area contributed by atoms with Gasteiger partial charge in [0, 0.05) is 12.2 Å². The van der Waals surface area contributed by atoms with Gasteiger partial charge in [-0.15, -0.1) is 0 Å². The highest BCUT2D eigenvalue weighted by Gasteiger charge is 2.19. The van der Waals surface area contributed by atoms with Crippen LogP contribution in [0.25, 0.3) is 0 Å². The van der Waals surface area contributed by atoms with E-state index in [1.54, 1.807) is 13.0 Å². The Bertz CT molecular complexity index is 444. The summed E-state index contributed by atoms with van der Waals surface area (Å²) < 4.78 is 19.2. The zero-order valence-electron chi connectivity index (χ0n) is 12.9. The van der Waals surface area contributed by atoms with E-state index in [-0.39, 0.29) is 11.9 Å². The zero-order valence-corrected chi connectivity index (χ0v) is 12.9. The van der Waals surface area contributed by atoms with Crippen LogP contribution < -0.4 is 5.32 Å². The molecule has 1 unspecified atom stereocenters. The highest BCUT2D eigenvalue weighted by molar-refractivity contribution is 5.45. The van der Waals surface area contributed by atoms with Gasteiger partial charge in [-0.1, -0.05) is 13.0 Å². The zero-order chi connectivity index (χ0) is 15.2. The number of hydrogen-bond acceptors (Lipinski definition) is 3. The van der Waals surface area contributed by atoms with Crippen molar-refractivity contribution in [3.8, 4) is 0 Å². The molecule has 1 aromatic carbocycles. The highest BCUT2D eigenvalue weighted by Crippen LogP contribution is 2.25. The van der Waals surface area contributed by atoms with Gasteiger partial charge in [0.2, 0.25) is 0 Å². The molecule has 2 N–H and O–H groups in total. The Kier molecular flexibility index (Phi) is 6.00. The summed E-state index contributed by atoms with van der Waals surface area (Å²) in [5.41, 5.74) is 1.31. The molecule has 0 saturated heterocycles. The van der Waals surface area contributed by atoms with Crippen molar-refractivity contribution in [2.75, 3.05) is 18.5 Å². The molecule has 0 bridgehead atoms. The number of aliphatic hydroxyl groups is 1. The molecule has 0 radical (unpaired) electrons. The van der Waals surface area contributed by atoms with Gasteiger partial charge in [0.15, 0.2) is 0 Å². The van der Waals surface area contributed by atoms with Crippen LogP contribution in [0.4, 0.5) is 10.1 Å². The normalized spacial score (nSPS) is 23.8. The summed E-state index contributed by atoms with van der Waals surface area (Å²) >= 11 is 0. The number of rotatable bonds is 6. The van der Waals surface area contributed by atoms with Crippen molar-refractivity contribution in [2.45, 2.75) is 51.7 Å². The van der Waals surface area contributed by atoms with Crippen LogP contribution in [0.3, 0.4) is 0 Å². The lowest BCUT2D eigenvalue weighted by Crippen LogP contribution is -2.29. The molecule has 2 rings (SSSR count). The number of halogens is 1. The van der Waals surface area contributed by atoms with Gasteiger partial charge in [-0.05, 0) is 56.2 Å². The molecule has 1 saturated carbocycles. The summed E-state index contributed by atoms with van der Waals surface area (Å²) in [4.78, 5) is 0. The van der Waals surface area contributed by atoms with E-state index in [1.165, 1.54) is 18.9 Å². The lowest BCUT2D eigenvalue weighted by molar-refractivity contribution is -0.0245. The molecule has 1 aromatic rings. The first kappa shape index (κ1) is 16.2. The van der Waals surface area contributed by atoms with Gasteiger partial charge in [-0.2, -0.15) is 0 Å². The summed E-state index contributed by atoms with van der Waals surface area (Å²) in [5.74, 6) is 0.565. The maximum atomic E-state index is 13.4. The van der Waals surface area contributed by atoms with E-state index in [4.69, 9.17) is 4.74 Å². The fourth-order valence-electron chi connectivity index (χ4n) is 2.64. The minimum atomic E-state index is -0.575. The quantitative estimate of drug-likeness (QED) is 0.844. The number of hydrogen-bond donors (Lipinski definition) is 2. The lowest BCUT2D eigenvalue weighted by Gasteiger charge is -2.27. The molecular weight excluding hydrogens is 269 g/mol. The molecule has 0 amide bonds. The van der Waals surface area contributed by atoms with Crippen LogP contribution in [0.15, 0.2) is 18.2 Å². The molecule has 4 heteroatoms. The highest BCUT2D eigenvalue weighted by atomic mass is 19.1. The Labute approximate surface area is 126 Å². The molecule has 0 spiro atoms. The molecule has 1 aliphatic rings. The molecule has 1 aliphatic carbocycles. The number of aliphatic hydroxyl groups excluding tert-OH is 1. The number of benzene rings is 1. The van der Waals surface area contributed by atoms with Gasteiger partial charge in [-0.25, -0.2) is 4.39 Å². The topological polar surface area (TPSA) is 41.5 Å². The molecule has 0 heterocycles. The van der Waals surface area contributed by atoms with Gasteiger partial charge in [0.1, 0.15) is 5.82 Å². The molecule has 21 heavy (non-hydrogen) atoms. The fraction of sp³-hybridized carbons (Fsp3) is 0.647. The number of ether oxygens (including phenoxy) is 1. The SMILES string of the molecule is Cc1ccc(NCC(O)COC2CCC(C)CC2)cc1F. The standard InChI is InChI=1S/C17H26FNO2/c1-12-3-7-16(8-4-12)21-11-15(20)10-19-14-6-5-13(2)17(18)9-14/h5-6,9,12,15-16,19-20H,3-4,7-8,10-11H2,1-2H3. The summed E-state index contributed by atoms with van der Waals surface area (Å²) in [7, 11) is 0. The van der Waals surface area contributed by atoms with Crippen molar-refractivity contribution in [1.82, 2.24) is 0 Å². The summed E-state index contributed by atoms with van der Waals surface area (Å²) in [6.45, 7) is 4.70. The Morgan fingerprint density at radius 1 is 1.33 bits per heavy atom. The summed E-state index contributed by atoms with van der Waals surface area (Å²) in [6, 6.07) is 4.99. The van der Waals surface area contributed by atoms with Gasteiger partial charge in [-0.3, -0.25) is 0 Å². The van der Waals surface area contributed by atoms with Gasteiger partial charge < -0.3 is 15.2 Å². The third-order valence-corrected chi connectivity index (χ3v) is 4.20. The Hall–Kier alpha value is -1.13. The van der Waals surface area contributed by atoms with Gasteiger partial charge >= 0.3 is 0 Å².